The summed E-state index contributed by atoms with van der Waals surface area (Å²) in [4.78, 5) is 26.4. The molecule has 2 amide bonds. The molecule has 0 aliphatic carbocycles. The monoisotopic (exact) mass is 430 g/mol. The van der Waals surface area contributed by atoms with Crippen molar-refractivity contribution in [3.05, 3.63) is 58.1 Å². The van der Waals surface area contributed by atoms with Crippen LogP contribution in [0.1, 0.15) is 35.2 Å². The Labute approximate surface area is 167 Å². The van der Waals surface area contributed by atoms with Crippen LogP contribution >= 0.6 is 15.9 Å². The van der Waals surface area contributed by atoms with Crippen LogP contribution in [0.3, 0.4) is 0 Å². The first-order chi connectivity index (χ1) is 13.0. The van der Waals surface area contributed by atoms with E-state index >= 15 is 0 Å². The highest BCUT2D eigenvalue weighted by molar-refractivity contribution is 9.10. The molecule has 27 heavy (non-hydrogen) atoms. The molecule has 142 valence electrons. The minimum Gasteiger partial charge on any atom is -0.484 e. The average Bonchev–Trinajstić information content (AvgIpc) is 2.69. The Morgan fingerprint density at radius 2 is 1.78 bits per heavy atom. The fraction of sp³-hybridized carbons (Fsp3) is 0.333. The lowest BCUT2D eigenvalue weighted by Crippen LogP contribution is -2.35. The van der Waals surface area contributed by atoms with Gasteiger partial charge in [-0.05, 0) is 74.2 Å². The number of rotatable bonds is 5. The zero-order chi connectivity index (χ0) is 19.2. The van der Waals surface area contributed by atoms with Crippen LogP contribution in [-0.2, 0) is 4.79 Å². The summed E-state index contributed by atoms with van der Waals surface area (Å²) in [6.07, 6.45) is 3.33. The highest BCUT2D eigenvalue weighted by atomic mass is 79.9. The van der Waals surface area contributed by atoms with Gasteiger partial charge in [0.25, 0.3) is 11.8 Å². The molecule has 2 aromatic rings. The molecule has 0 spiro atoms. The molecule has 6 heteroatoms. The molecule has 2 aromatic carbocycles. The van der Waals surface area contributed by atoms with Crippen molar-refractivity contribution in [3.63, 3.8) is 0 Å². The van der Waals surface area contributed by atoms with Crippen molar-refractivity contribution in [1.29, 1.82) is 0 Å². The predicted octanol–water partition coefficient (Wildman–Crippen LogP) is 4.40. The molecular formula is C21H23BrN2O3. The van der Waals surface area contributed by atoms with Crippen molar-refractivity contribution in [2.45, 2.75) is 26.2 Å². The van der Waals surface area contributed by atoms with E-state index in [9.17, 15) is 9.59 Å². The molecule has 0 atom stereocenters. The summed E-state index contributed by atoms with van der Waals surface area (Å²) in [6.45, 7) is 3.54. The van der Waals surface area contributed by atoms with Gasteiger partial charge < -0.3 is 15.0 Å². The number of aryl methyl sites for hydroxylation is 1. The van der Waals surface area contributed by atoms with E-state index in [-0.39, 0.29) is 18.4 Å². The Bertz CT molecular complexity index is 815. The summed E-state index contributed by atoms with van der Waals surface area (Å²) in [5, 5.41) is 2.79. The Hall–Kier alpha value is -2.34. The van der Waals surface area contributed by atoms with Crippen LogP contribution in [0.15, 0.2) is 46.9 Å². The van der Waals surface area contributed by atoms with E-state index in [4.69, 9.17) is 4.74 Å². The van der Waals surface area contributed by atoms with Gasteiger partial charge in [0.05, 0.1) is 0 Å². The van der Waals surface area contributed by atoms with Crippen LogP contribution in [0.2, 0.25) is 0 Å². The average molecular weight is 431 g/mol. The number of hydrogen-bond acceptors (Lipinski definition) is 3. The van der Waals surface area contributed by atoms with Crippen molar-refractivity contribution in [3.8, 4) is 5.75 Å². The maximum atomic E-state index is 12.5. The Balaban J connectivity index is 1.52. The SMILES string of the molecule is Cc1cc(OCC(=O)Nc2ccc(C(=O)N3CCCCC3)cc2)ccc1Br. The van der Waals surface area contributed by atoms with E-state index in [0.717, 1.165) is 36.0 Å². The number of ether oxygens (including phenoxy) is 1. The zero-order valence-corrected chi connectivity index (χ0v) is 16.9. The van der Waals surface area contributed by atoms with Gasteiger partial charge >= 0.3 is 0 Å². The van der Waals surface area contributed by atoms with Gasteiger partial charge in [0.15, 0.2) is 6.61 Å². The number of nitrogens with one attached hydrogen (secondary N) is 1. The molecule has 5 nitrogen and oxygen atoms in total. The molecule has 1 N–H and O–H groups in total. The molecule has 1 aliphatic rings. The molecule has 0 aromatic heterocycles. The lowest BCUT2D eigenvalue weighted by atomic mass is 10.1. The van der Waals surface area contributed by atoms with E-state index in [1.165, 1.54) is 6.42 Å². The summed E-state index contributed by atoms with van der Waals surface area (Å²) in [6, 6.07) is 12.6. The van der Waals surface area contributed by atoms with Crippen LogP contribution < -0.4 is 10.1 Å². The normalized spacial score (nSPS) is 13.9. The standard InChI is InChI=1S/C21H23BrN2O3/c1-15-13-18(9-10-19(15)22)27-14-20(25)23-17-7-5-16(6-8-17)21(26)24-11-3-2-4-12-24/h5-10,13H,2-4,11-12,14H2,1H3,(H,23,25). The van der Waals surface area contributed by atoms with E-state index in [2.05, 4.69) is 21.2 Å². The molecule has 3 rings (SSSR count). The Kier molecular flexibility index (Phi) is 6.50. The van der Waals surface area contributed by atoms with Crippen molar-refractivity contribution in [2.24, 2.45) is 0 Å². The summed E-state index contributed by atoms with van der Waals surface area (Å²) in [7, 11) is 0. The second-order valence-corrected chi connectivity index (χ2v) is 7.53. The number of carbonyl (C=O) groups excluding carboxylic acids is 2. The zero-order valence-electron chi connectivity index (χ0n) is 15.3. The number of benzene rings is 2. The molecule has 1 aliphatic heterocycles. The van der Waals surface area contributed by atoms with Crippen molar-refractivity contribution >= 4 is 33.4 Å². The Morgan fingerprint density at radius 1 is 1.07 bits per heavy atom. The summed E-state index contributed by atoms with van der Waals surface area (Å²) in [5.41, 5.74) is 2.34. The number of likely N-dealkylation sites (tertiary alicyclic amines) is 1. The molecule has 0 unspecified atom stereocenters. The van der Waals surface area contributed by atoms with Crippen LogP contribution in [-0.4, -0.2) is 36.4 Å². The minimum absolute atomic E-state index is 0.0570. The molecule has 0 saturated carbocycles. The molecule has 1 fully saturated rings. The van der Waals surface area contributed by atoms with E-state index in [1.807, 2.05) is 30.0 Å². The predicted molar refractivity (Wildman–Crippen MR) is 109 cm³/mol. The largest absolute Gasteiger partial charge is 0.484 e. The summed E-state index contributed by atoms with van der Waals surface area (Å²) < 4.78 is 6.52. The van der Waals surface area contributed by atoms with Gasteiger partial charge in [-0.3, -0.25) is 9.59 Å². The topological polar surface area (TPSA) is 58.6 Å². The number of piperidine rings is 1. The lowest BCUT2D eigenvalue weighted by Gasteiger charge is -2.26. The smallest absolute Gasteiger partial charge is 0.262 e. The van der Waals surface area contributed by atoms with Gasteiger partial charge in [-0.25, -0.2) is 0 Å². The van der Waals surface area contributed by atoms with Crippen molar-refractivity contribution in [2.75, 3.05) is 25.0 Å². The fourth-order valence-corrected chi connectivity index (χ4v) is 3.28. The van der Waals surface area contributed by atoms with Crippen LogP contribution in [0.5, 0.6) is 5.75 Å². The summed E-state index contributed by atoms with van der Waals surface area (Å²) >= 11 is 3.43. The van der Waals surface area contributed by atoms with Gasteiger partial charge in [-0.15, -0.1) is 0 Å². The number of anilines is 1. The third-order valence-corrected chi connectivity index (χ3v) is 5.45. The molecule has 0 radical (unpaired) electrons. The maximum absolute atomic E-state index is 12.5. The van der Waals surface area contributed by atoms with Crippen molar-refractivity contribution < 1.29 is 14.3 Å². The minimum atomic E-state index is -0.245. The van der Waals surface area contributed by atoms with Crippen LogP contribution in [0.4, 0.5) is 5.69 Å². The third-order valence-electron chi connectivity index (χ3n) is 4.56. The van der Waals surface area contributed by atoms with Gasteiger partial charge in [0, 0.05) is 28.8 Å². The first-order valence-corrected chi connectivity index (χ1v) is 9.90. The molecule has 1 heterocycles. The van der Waals surface area contributed by atoms with E-state index in [1.54, 1.807) is 24.3 Å². The van der Waals surface area contributed by atoms with Gasteiger partial charge in [-0.2, -0.15) is 0 Å². The fourth-order valence-electron chi connectivity index (χ4n) is 3.03. The molecular weight excluding hydrogens is 408 g/mol. The van der Waals surface area contributed by atoms with Crippen LogP contribution in [0.25, 0.3) is 0 Å². The number of nitrogens with zero attached hydrogens (tertiary/aromatic N) is 1. The lowest BCUT2D eigenvalue weighted by molar-refractivity contribution is -0.118. The van der Waals surface area contributed by atoms with E-state index < -0.39 is 0 Å². The second kappa shape index (κ2) is 9.04. The van der Waals surface area contributed by atoms with Gasteiger partial charge in [0.2, 0.25) is 0 Å². The number of amides is 2. The second-order valence-electron chi connectivity index (χ2n) is 6.68. The number of carbonyl (C=O) groups is 2. The highest BCUT2D eigenvalue weighted by Gasteiger charge is 2.18. The number of halogens is 1. The molecule has 0 bridgehead atoms. The van der Waals surface area contributed by atoms with Gasteiger partial charge in [0.1, 0.15) is 5.75 Å². The quantitative estimate of drug-likeness (QED) is 0.764. The van der Waals surface area contributed by atoms with Crippen LogP contribution in [0, 0.1) is 6.92 Å². The Morgan fingerprint density at radius 3 is 2.44 bits per heavy atom. The highest BCUT2D eigenvalue weighted by Crippen LogP contribution is 2.21. The van der Waals surface area contributed by atoms with Gasteiger partial charge in [-0.1, -0.05) is 15.9 Å². The third kappa shape index (κ3) is 5.32. The van der Waals surface area contributed by atoms with Crippen molar-refractivity contribution in [1.82, 2.24) is 4.90 Å². The first-order valence-electron chi connectivity index (χ1n) is 9.11. The van der Waals surface area contributed by atoms with E-state index in [0.29, 0.717) is 17.0 Å². The number of hydrogen-bond donors (Lipinski definition) is 1. The molecule has 1 saturated heterocycles. The first kappa shape index (κ1) is 19.4. The maximum Gasteiger partial charge on any atom is 0.262 e. The summed E-state index contributed by atoms with van der Waals surface area (Å²) in [5.74, 6) is 0.459.